The molecule has 5 rings (SSSR count). The molecule has 0 amide bonds. The number of nitrogens with zero attached hydrogens (tertiary/aromatic N) is 4. The molecular formula is C22H20N6O2S. The molecule has 0 spiro atoms. The van der Waals surface area contributed by atoms with Gasteiger partial charge in [0, 0.05) is 17.0 Å². The summed E-state index contributed by atoms with van der Waals surface area (Å²) in [4.78, 5) is 19.1. The first kappa shape index (κ1) is 19.3. The zero-order valence-electron chi connectivity index (χ0n) is 16.8. The predicted molar refractivity (Wildman–Crippen MR) is 121 cm³/mol. The Morgan fingerprint density at radius 1 is 1.10 bits per heavy atom. The van der Waals surface area contributed by atoms with Crippen molar-refractivity contribution in [3.8, 4) is 6.01 Å². The molecule has 1 aromatic carbocycles. The van der Waals surface area contributed by atoms with E-state index in [-0.39, 0.29) is 6.01 Å². The highest BCUT2D eigenvalue weighted by molar-refractivity contribution is 7.12. The summed E-state index contributed by atoms with van der Waals surface area (Å²) in [6.45, 7) is 2.80. The third-order valence-corrected chi connectivity index (χ3v) is 5.57. The lowest BCUT2D eigenvalue weighted by atomic mass is 10.1. The van der Waals surface area contributed by atoms with Gasteiger partial charge in [0.15, 0.2) is 0 Å². The van der Waals surface area contributed by atoms with E-state index in [1.807, 2.05) is 37.3 Å². The van der Waals surface area contributed by atoms with E-state index >= 15 is 0 Å². The molecule has 2 N–H and O–H groups in total. The van der Waals surface area contributed by atoms with E-state index in [2.05, 4.69) is 43.1 Å². The predicted octanol–water partition coefficient (Wildman–Crippen LogP) is 4.96. The average molecular weight is 433 g/mol. The van der Waals surface area contributed by atoms with E-state index in [1.165, 1.54) is 10.4 Å². The number of hydrogen-bond acceptors (Lipinski definition) is 9. The monoisotopic (exact) mass is 432 g/mol. The molecule has 1 aliphatic rings. The lowest BCUT2D eigenvalue weighted by Crippen LogP contribution is -2.09. The van der Waals surface area contributed by atoms with E-state index in [9.17, 15) is 0 Å². The molecule has 4 aromatic rings. The summed E-state index contributed by atoms with van der Waals surface area (Å²) in [7, 11) is 0. The van der Waals surface area contributed by atoms with E-state index in [0.717, 1.165) is 29.3 Å². The zero-order chi connectivity index (χ0) is 21.0. The van der Waals surface area contributed by atoms with Crippen LogP contribution in [0.2, 0.25) is 0 Å². The Labute approximate surface area is 183 Å². The van der Waals surface area contributed by atoms with Crippen molar-refractivity contribution >= 4 is 40.3 Å². The molecule has 0 aliphatic carbocycles. The number of nitrogens with one attached hydrogen (secondary N) is 2. The van der Waals surface area contributed by atoms with Gasteiger partial charge in [0.05, 0.1) is 30.8 Å². The van der Waals surface area contributed by atoms with Gasteiger partial charge in [-0.25, -0.2) is 0 Å². The van der Waals surface area contributed by atoms with Gasteiger partial charge in [0.25, 0.3) is 0 Å². The van der Waals surface area contributed by atoms with Gasteiger partial charge >= 0.3 is 6.01 Å². The second-order valence-electron chi connectivity index (χ2n) is 6.81. The van der Waals surface area contributed by atoms with Gasteiger partial charge in [-0.1, -0.05) is 12.1 Å². The van der Waals surface area contributed by atoms with E-state index in [1.54, 1.807) is 17.6 Å². The van der Waals surface area contributed by atoms with Crippen LogP contribution in [-0.2, 0) is 13.0 Å². The molecule has 0 saturated heterocycles. The lowest BCUT2D eigenvalue weighted by Gasteiger charge is -2.10. The molecule has 1 aliphatic heterocycles. The van der Waals surface area contributed by atoms with Crippen LogP contribution in [-0.4, -0.2) is 27.3 Å². The summed E-state index contributed by atoms with van der Waals surface area (Å²) in [5, 5.41) is 8.45. The Kier molecular flexibility index (Phi) is 5.32. The maximum Gasteiger partial charge on any atom is 0.323 e. The van der Waals surface area contributed by atoms with Gasteiger partial charge in [0.1, 0.15) is 5.76 Å². The second kappa shape index (κ2) is 8.57. The summed E-state index contributed by atoms with van der Waals surface area (Å²) >= 11 is 1.71. The molecule has 31 heavy (non-hydrogen) atoms. The Bertz CT molecular complexity index is 1200. The molecule has 3 aromatic heterocycles. The second-order valence-corrected chi connectivity index (χ2v) is 7.76. The number of benzene rings is 1. The van der Waals surface area contributed by atoms with Gasteiger partial charge in [-0.15, -0.1) is 11.3 Å². The first-order valence-corrected chi connectivity index (χ1v) is 10.8. The van der Waals surface area contributed by atoms with Crippen molar-refractivity contribution in [2.75, 3.05) is 17.2 Å². The first-order valence-electron chi connectivity index (χ1n) is 9.93. The van der Waals surface area contributed by atoms with Crippen molar-refractivity contribution in [1.29, 1.82) is 0 Å². The van der Waals surface area contributed by atoms with Crippen molar-refractivity contribution in [1.82, 2.24) is 15.0 Å². The Morgan fingerprint density at radius 3 is 2.84 bits per heavy atom. The number of hydrogen-bond donors (Lipinski definition) is 2. The van der Waals surface area contributed by atoms with Gasteiger partial charge in [0.2, 0.25) is 11.9 Å². The highest BCUT2D eigenvalue weighted by Gasteiger charge is 2.17. The molecule has 9 heteroatoms. The number of aromatic nitrogens is 3. The van der Waals surface area contributed by atoms with E-state index in [4.69, 9.17) is 14.1 Å². The number of fused-ring (bicyclic) bond motifs is 1. The summed E-state index contributed by atoms with van der Waals surface area (Å²) < 4.78 is 10.8. The molecular weight excluding hydrogens is 412 g/mol. The average Bonchev–Trinajstić information content (AvgIpc) is 3.53. The normalized spacial score (nSPS) is 12.4. The molecule has 156 valence electrons. The van der Waals surface area contributed by atoms with E-state index in [0.29, 0.717) is 25.0 Å². The van der Waals surface area contributed by atoms with Gasteiger partial charge in [-0.3, -0.25) is 4.99 Å². The molecule has 0 saturated carbocycles. The number of rotatable bonds is 8. The van der Waals surface area contributed by atoms with Gasteiger partial charge < -0.3 is 19.8 Å². The van der Waals surface area contributed by atoms with E-state index < -0.39 is 0 Å². The maximum atomic E-state index is 5.50. The van der Waals surface area contributed by atoms with Crippen LogP contribution < -0.4 is 15.4 Å². The number of thiophene rings is 1. The molecule has 0 radical (unpaired) electrons. The zero-order valence-corrected chi connectivity index (χ0v) is 17.6. The lowest BCUT2D eigenvalue weighted by molar-refractivity contribution is 0.312. The Hall–Kier alpha value is -3.72. The summed E-state index contributed by atoms with van der Waals surface area (Å²) in [6.07, 6.45) is 2.47. The van der Waals surface area contributed by atoms with Crippen molar-refractivity contribution in [3.63, 3.8) is 0 Å². The minimum absolute atomic E-state index is 0.251. The van der Waals surface area contributed by atoms with Crippen LogP contribution in [0.1, 0.15) is 23.1 Å². The smallest absolute Gasteiger partial charge is 0.323 e. The fourth-order valence-corrected chi connectivity index (χ4v) is 3.95. The third kappa shape index (κ3) is 4.41. The van der Waals surface area contributed by atoms with Crippen LogP contribution in [0.3, 0.4) is 0 Å². The molecule has 0 unspecified atom stereocenters. The van der Waals surface area contributed by atoms with Crippen molar-refractivity contribution in [3.05, 3.63) is 70.3 Å². The number of anilines is 3. The fraction of sp³-hybridized carbons (Fsp3) is 0.182. The van der Waals surface area contributed by atoms with Crippen LogP contribution in [0.25, 0.3) is 0 Å². The van der Waals surface area contributed by atoms with Crippen LogP contribution in [0, 0.1) is 0 Å². The number of ether oxygens (including phenoxy) is 1. The minimum Gasteiger partial charge on any atom is -0.467 e. The number of furan rings is 1. The molecule has 0 fully saturated rings. The maximum absolute atomic E-state index is 5.50. The van der Waals surface area contributed by atoms with Crippen molar-refractivity contribution in [2.45, 2.75) is 19.9 Å². The standard InChI is InChI=1S/C22H20N6O2S/c1-2-29-22-27-20(23-13-16-5-3-9-30-16)26-21(28-22)24-15-8-7-14-11-18(25-17(14)12-15)19-6-4-10-31-19/h3-10,12H,2,11,13H2,1H3,(H2,23,24,26,27,28). The van der Waals surface area contributed by atoms with Crippen LogP contribution in [0.15, 0.2) is 63.5 Å². The van der Waals surface area contributed by atoms with Crippen molar-refractivity contribution in [2.24, 2.45) is 4.99 Å². The SMILES string of the molecule is CCOc1nc(NCc2ccco2)nc(Nc2ccc3c(c2)N=C(c2cccs2)C3)n1. The Balaban J connectivity index is 1.36. The summed E-state index contributed by atoms with van der Waals surface area (Å²) in [5.41, 5.74) is 4.12. The quantitative estimate of drug-likeness (QED) is 0.406. The molecule has 0 bridgehead atoms. The van der Waals surface area contributed by atoms with Crippen LogP contribution in [0.5, 0.6) is 6.01 Å². The van der Waals surface area contributed by atoms with Gasteiger partial charge in [-0.2, -0.15) is 15.0 Å². The topological polar surface area (TPSA) is 97.5 Å². The van der Waals surface area contributed by atoms with Crippen LogP contribution in [0.4, 0.5) is 23.3 Å². The molecule has 8 nitrogen and oxygen atoms in total. The highest BCUT2D eigenvalue weighted by Crippen LogP contribution is 2.33. The molecule has 4 heterocycles. The largest absolute Gasteiger partial charge is 0.467 e. The van der Waals surface area contributed by atoms with Crippen molar-refractivity contribution < 1.29 is 9.15 Å². The fourth-order valence-electron chi connectivity index (χ4n) is 3.24. The van der Waals surface area contributed by atoms with Gasteiger partial charge in [-0.05, 0) is 48.2 Å². The minimum atomic E-state index is 0.251. The summed E-state index contributed by atoms with van der Waals surface area (Å²) in [5.74, 6) is 1.57. The molecule has 0 atom stereocenters. The highest BCUT2D eigenvalue weighted by atomic mass is 32.1. The summed E-state index contributed by atoms with van der Waals surface area (Å²) in [6, 6.07) is 14.2. The Morgan fingerprint density at radius 2 is 2.03 bits per heavy atom. The first-order chi connectivity index (χ1) is 15.3. The number of aliphatic imine (C=N–C) groups is 1. The third-order valence-electron chi connectivity index (χ3n) is 4.65. The van der Waals surface area contributed by atoms with Crippen LogP contribution >= 0.6 is 11.3 Å².